The second-order valence-corrected chi connectivity index (χ2v) is 8.62. The molecule has 3 aromatic carbocycles. The molecule has 5 nitrogen and oxygen atoms in total. The average Bonchev–Trinajstić information content (AvgIpc) is 3.32. The summed E-state index contributed by atoms with van der Waals surface area (Å²) in [5, 5.41) is 14.4. The van der Waals surface area contributed by atoms with Gasteiger partial charge in [0.05, 0.1) is 11.3 Å². The molecule has 1 saturated heterocycles. The van der Waals surface area contributed by atoms with Gasteiger partial charge in [0.25, 0.3) is 0 Å². The molecular weight excluding hydrogens is 384 g/mol. The van der Waals surface area contributed by atoms with Crippen molar-refractivity contribution >= 4 is 22.4 Å². The summed E-state index contributed by atoms with van der Waals surface area (Å²) in [6, 6.07) is 24.0. The Morgan fingerprint density at radius 2 is 1.74 bits per heavy atom. The first-order valence-electron chi connectivity index (χ1n) is 11.1. The molecule has 0 saturated carbocycles. The molecule has 31 heavy (non-hydrogen) atoms. The van der Waals surface area contributed by atoms with Gasteiger partial charge in [-0.1, -0.05) is 66.7 Å². The SMILES string of the molecule is C[C@](N[C@H]1CCNC1)(c1ccccc1C1=NNC(=O)CC1)c1cccc2ccccc12. The lowest BCUT2D eigenvalue weighted by Gasteiger charge is -2.37. The van der Waals surface area contributed by atoms with Crippen molar-refractivity contribution in [2.45, 2.75) is 37.8 Å². The van der Waals surface area contributed by atoms with Crippen molar-refractivity contribution in [1.29, 1.82) is 0 Å². The van der Waals surface area contributed by atoms with E-state index in [-0.39, 0.29) is 5.91 Å². The molecule has 1 amide bonds. The maximum Gasteiger partial charge on any atom is 0.240 e. The zero-order chi connectivity index (χ0) is 21.3. The maximum absolute atomic E-state index is 11.7. The molecule has 0 unspecified atom stereocenters. The van der Waals surface area contributed by atoms with Crippen molar-refractivity contribution in [2.24, 2.45) is 5.10 Å². The van der Waals surface area contributed by atoms with E-state index < -0.39 is 5.54 Å². The lowest BCUT2D eigenvalue weighted by Crippen LogP contribution is -2.48. The molecule has 1 fully saturated rings. The minimum absolute atomic E-state index is 0.0202. The number of benzene rings is 3. The van der Waals surface area contributed by atoms with E-state index in [4.69, 9.17) is 0 Å². The lowest BCUT2D eigenvalue weighted by atomic mass is 9.78. The van der Waals surface area contributed by atoms with E-state index >= 15 is 0 Å². The van der Waals surface area contributed by atoms with E-state index in [1.165, 1.54) is 21.9 Å². The normalized spacial score (nSPS) is 20.9. The first kappa shape index (κ1) is 19.9. The molecule has 3 aromatic rings. The van der Waals surface area contributed by atoms with Crippen molar-refractivity contribution in [3.8, 4) is 0 Å². The van der Waals surface area contributed by atoms with Crippen molar-refractivity contribution in [1.82, 2.24) is 16.1 Å². The number of fused-ring (bicyclic) bond motifs is 1. The maximum atomic E-state index is 11.7. The zero-order valence-electron chi connectivity index (χ0n) is 17.8. The number of carbonyl (C=O) groups is 1. The highest BCUT2D eigenvalue weighted by Crippen LogP contribution is 2.37. The van der Waals surface area contributed by atoms with Gasteiger partial charge in [0.1, 0.15) is 0 Å². The van der Waals surface area contributed by atoms with Gasteiger partial charge in [-0.25, -0.2) is 5.43 Å². The standard InChI is InChI=1S/C26H28N4O/c1-26(28-19-15-16-27-17-19,22-12-6-8-18-7-2-3-9-20(18)22)23-11-5-4-10-21(23)24-13-14-25(31)30-29-24/h2-12,19,27-28H,13-17H2,1H3,(H,30,31)/t19-,26+/m0/s1. The third-order valence-corrected chi connectivity index (χ3v) is 6.56. The van der Waals surface area contributed by atoms with Crippen LogP contribution in [0, 0.1) is 0 Å². The van der Waals surface area contributed by atoms with Gasteiger partial charge in [-0.05, 0) is 41.8 Å². The van der Waals surface area contributed by atoms with Crippen LogP contribution in [0.15, 0.2) is 71.8 Å². The van der Waals surface area contributed by atoms with Crippen molar-refractivity contribution in [3.63, 3.8) is 0 Å². The second kappa shape index (κ2) is 8.25. The van der Waals surface area contributed by atoms with E-state index in [9.17, 15) is 4.79 Å². The summed E-state index contributed by atoms with van der Waals surface area (Å²) in [5.41, 5.74) is 6.73. The van der Waals surface area contributed by atoms with Crippen LogP contribution in [0.4, 0.5) is 0 Å². The van der Waals surface area contributed by atoms with Gasteiger partial charge in [0.15, 0.2) is 0 Å². The summed E-state index contributed by atoms with van der Waals surface area (Å²) in [6.07, 6.45) is 2.22. The molecular formula is C26H28N4O. The number of amides is 1. The third kappa shape index (κ3) is 3.75. The molecule has 5 heteroatoms. The number of rotatable bonds is 5. The molecule has 0 bridgehead atoms. The molecule has 3 N–H and O–H groups in total. The number of nitrogens with zero attached hydrogens (tertiary/aromatic N) is 1. The Bertz CT molecular complexity index is 1140. The van der Waals surface area contributed by atoms with Crippen LogP contribution < -0.4 is 16.1 Å². The monoisotopic (exact) mass is 412 g/mol. The Morgan fingerprint density at radius 3 is 2.55 bits per heavy atom. The summed E-state index contributed by atoms with van der Waals surface area (Å²) in [5.74, 6) is -0.0202. The number of nitrogens with one attached hydrogen (secondary N) is 3. The van der Waals surface area contributed by atoms with E-state index in [1.54, 1.807) is 0 Å². The predicted octanol–water partition coefficient (Wildman–Crippen LogP) is 3.67. The molecule has 158 valence electrons. The number of carbonyl (C=O) groups excluding carboxylic acids is 1. The van der Waals surface area contributed by atoms with Crippen molar-refractivity contribution < 1.29 is 4.79 Å². The summed E-state index contributed by atoms with van der Waals surface area (Å²) in [4.78, 5) is 11.7. The number of hydrogen-bond acceptors (Lipinski definition) is 4. The largest absolute Gasteiger partial charge is 0.315 e. The van der Waals surface area contributed by atoms with Gasteiger partial charge in [0, 0.05) is 31.0 Å². The topological polar surface area (TPSA) is 65.5 Å². The van der Waals surface area contributed by atoms with Crippen LogP contribution in [0.25, 0.3) is 10.8 Å². The predicted molar refractivity (Wildman–Crippen MR) is 125 cm³/mol. The van der Waals surface area contributed by atoms with Gasteiger partial charge < -0.3 is 5.32 Å². The van der Waals surface area contributed by atoms with Crippen LogP contribution in [-0.4, -0.2) is 30.8 Å². The molecule has 0 aliphatic carbocycles. The van der Waals surface area contributed by atoms with Gasteiger partial charge in [-0.15, -0.1) is 0 Å². The highest BCUT2D eigenvalue weighted by molar-refractivity contribution is 6.05. The summed E-state index contributed by atoms with van der Waals surface area (Å²) in [6.45, 7) is 4.27. The van der Waals surface area contributed by atoms with Crippen LogP contribution in [0.2, 0.25) is 0 Å². The van der Waals surface area contributed by atoms with Gasteiger partial charge in [0.2, 0.25) is 5.91 Å². The summed E-state index contributed by atoms with van der Waals surface area (Å²) in [7, 11) is 0. The Hall–Kier alpha value is -3.02. The van der Waals surface area contributed by atoms with Crippen LogP contribution in [-0.2, 0) is 10.3 Å². The molecule has 2 atom stereocenters. The quantitative estimate of drug-likeness (QED) is 0.599. The van der Waals surface area contributed by atoms with Gasteiger partial charge >= 0.3 is 0 Å². The Kier molecular flexibility index (Phi) is 5.30. The molecule has 0 aromatic heterocycles. The fraction of sp³-hybridized carbons (Fsp3) is 0.308. The van der Waals surface area contributed by atoms with Crippen LogP contribution >= 0.6 is 0 Å². The second-order valence-electron chi connectivity index (χ2n) is 8.62. The fourth-order valence-corrected chi connectivity index (χ4v) is 4.99. The van der Waals surface area contributed by atoms with Crippen LogP contribution in [0.5, 0.6) is 0 Å². The Labute approximate surface area is 182 Å². The molecule has 2 aliphatic heterocycles. The Balaban J connectivity index is 1.70. The third-order valence-electron chi connectivity index (χ3n) is 6.56. The molecule has 0 radical (unpaired) electrons. The van der Waals surface area contributed by atoms with E-state index in [0.717, 1.165) is 30.8 Å². The molecule has 0 spiro atoms. The van der Waals surface area contributed by atoms with Crippen molar-refractivity contribution in [3.05, 3.63) is 83.4 Å². The highest BCUT2D eigenvalue weighted by Gasteiger charge is 2.36. The highest BCUT2D eigenvalue weighted by atomic mass is 16.2. The first-order valence-corrected chi connectivity index (χ1v) is 11.1. The van der Waals surface area contributed by atoms with Crippen LogP contribution in [0.1, 0.15) is 42.9 Å². The number of hydrazone groups is 1. The minimum atomic E-state index is -0.419. The summed E-state index contributed by atoms with van der Waals surface area (Å²) >= 11 is 0. The van der Waals surface area contributed by atoms with Crippen LogP contribution in [0.3, 0.4) is 0 Å². The van der Waals surface area contributed by atoms with E-state index in [1.807, 2.05) is 0 Å². The molecule has 5 rings (SSSR count). The molecule has 2 heterocycles. The van der Waals surface area contributed by atoms with Gasteiger partial charge in [-0.2, -0.15) is 5.10 Å². The van der Waals surface area contributed by atoms with Gasteiger partial charge in [-0.3, -0.25) is 10.1 Å². The Morgan fingerprint density at radius 1 is 0.968 bits per heavy atom. The average molecular weight is 413 g/mol. The zero-order valence-corrected chi connectivity index (χ0v) is 17.8. The first-order chi connectivity index (χ1) is 15.1. The number of hydrogen-bond donors (Lipinski definition) is 3. The van der Waals surface area contributed by atoms with E-state index in [2.05, 4.69) is 94.8 Å². The fourth-order valence-electron chi connectivity index (χ4n) is 4.99. The lowest BCUT2D eigenvalue weighted by molar-refractivity contribution is -0.121. The minimum Gasteiger partial charge on any atom is -0.315 e. The van der Waals surface area contributed by atoms with E-state index in [0.29, 0.717) is 18.9 Å². The molecule has 2 aliphatic rings. The van der Waals surface area contributed by atoms with Crippen molar-refractivity contribution in [2.75, 3.05) is 13.1 Å². The summed E-state index contributed by atoms with van der Waals surface area (Å²) < 4.78 is 0. The smallest absolute Gasteiger partial charge is 0.240 e.